The second-order valence-corrected chi connectivity index (χ2v) is 3.20. The van der Waals surface area contributed by atoms with Gasteiger partial charge in [0.2, 0.25) is 0 Å². The lowest BCUT2D eigenvalue weighted by Gasteiger charge is -2.21. The molecule has 3 heteroatoms. The van der Waals surface area contributed by atoms with Crippen molar-refractivity contribution in [2.45, 2.75) is 32.7 Å². The van der Waals surface area contributed by atoms with Crippen LogP contribution in [0.1, 0.15) is 26.7 Å². The second kappa shape index (κ2) is 8.23. The van der Waals surface area contributed by atoms with Crippen LogP contribution in [0.4, 0.5) is 0 Å². The summed E-state index contributed by atoms with van der Waals surface area (Å²) >= 11 is 0. The Hall–Kier alpha value is -0.380. The average Bonchev–Trinajstić information content (AvgIpc) is 2.17. The summed E-state index contributed by atoms with van der Waals surface area (Å²) in [6.07, 6.45) is 3.94. The Balaban J connectivity index is 3.62. The van der Waals surface area contributed by atoms with Crippen LogP contribution in [0, 0.1) is 0 Å². The predicted octanol–water partition coefficient (Wildman–Crippen LogP) is 1.13. The van der Waals surface area contributed by atoms with Crippen LogP contribution in [-0.2, 0) is 0 Å². The molecule has 0 amide bonds. The molecular formula is C10H23N3. The van der Waals surface area contributed by atoms with E-state index in [1.165, 1.54) is 0 Å². The summed E-state index contributed by atoms with van der Waals surface area (Å²) in [5.74, 6) is 5.41. The highest BCUT2D eigenvalue weighted by molar-refractivity contribution is 4.77. The molecule has 0 saturated carbocycles. The molecule has 0 aromatic carbocycles. The zero-order valence-electron chi connectivity index (χ0n) is 8.92. The van der Waals surface area contributed by atoms with Crippen LogP contribution in [0.5, 0.6) is 0 Å². The summed E-state index contributed by atoms with van der Waals surface area (Å²) < 4.78 is 0. The van der Waals surface area contributed by atoms with E-state index in [9.17, 15) is 0 Å². The SMILES string of the molecule is C=CCC(CCN(CC)CC)NN. The molecule has 3 nitrogen and oxygen atoms in total. The highest BCUT2D eigenvalue weighted by Crippen LogP contribution is 2.00. The van der Waals surface area contributed by atoms with Crippen LogP contribution in [-0.4, -0.2) is 30.6 Å². The van der Waals surface area contributed by atoms with Gasteiger partial charge >= 0.3 is 0 Å². The van der Waals surface area contributed by atoms with E-state index < -0.39 is 0 Å². The molecule has 0 aliphatic carbocycles. The fourth-order valence-electron chi connectivity index (χ4n) is 1.35. The van der Waals surface area contributed by atoms with Crippen molar-refractivity contribution in [2.75, 3.05) is 19.6 Å². The van der Waals surface area contributed by atoms with Crippen LogP contribution in [0.3, 0.4) is 0 Å². The predicted molar refractivity (Wildman–Crippen MR) is 58.3 cm³/mol. The summed E-state index contributed by atoms with van der Waals surface area (Å²) in [6, 6.07) is 0.373. The maximum atomic E-state index is 5.41. The van der Waals surface area contributed by atoms with Gasteiger partial charge in [-0.1, -0.05) is 19.9 Å². The quantitative estimate of drug-likeness (QED) is 0.338. The molecule has 0 radical (unpaired) electrons. The van der Waals surface area contributed by atoms with Gasteiger partial charge in [-0.2, -0.15) is 0 Å². The third-order valence-electron chi connectivity index (χ3n) is 2.38. The van der Waals surface area contributed by atoms with Gasteiger partial charge in [0.1, 0.15) is 0 Å². The van der Waals surface area contributed by atoms with E-state index >= 15 is 0 Å². The average molecular weight is 185 g/mol. The number of hydrogen-bond donors (Lipinski definition) is 2. The molecular weight excluding hydrogens is 162 g/mol. The Morgan fingerprint density at radius 1 is 1.46 bits per heavy atom. The molecule has 1 unspecified atom stereocenters. The molecule has 1 atom stereocenters. The third-order valence-corrected chi connectivity index (χ3v) is 2.38. The van der Waals surface area contributed by atoms with Gasteiger partial charge in [0.25, 0.3) is 0 Å². The monoisotopic (exact) mass is 185 g/mol. The Morgan fingerprint density at radius 3 is 2.46 bits per heavy atom. The Morgan fingerprint density at radius 2 is 2.08 bits per heavy atom. The summed E-state index contributed by atoms with van der Waals surface area (Å²) in [5.41, 5.74) is 2.81. The normalized spacial score (nSPS) is 13.2. The van der Waals surface area contributed by atoms with Crippen molar-refractivity contribution in [2.24, 2.45) is 5.84 Å². The first-order chi connectivity index (χ1) is 6.28. The van der Waals surface area contributed by atoms with E-state index in [4.69, 9.17) is 5.84 Å². The largest absolute Gasteiger partial charge is 0.304 e. The maximum absolute atomic E-state index is 5.41. The Labute approximate surface area is 82.0 Å². The zero-order valence-corrected chi connectivity index (χ0v) is 8.92. The van der Waals surface area contributed by atoms with Crippen LogP contribution >= 0.6 is 0 Å². The molecule has 0 aromatic heterocycles. The highest BCUT2D eigenvalue weighted by atomic mass is 15.2. The molecule has 78 valence electrons. The lowest BCUT2D eigenvalue weighted by molar-refractivity contribution is 0.281. The maximum Gasteiger partial charge on any atom is 0.0257 e. The van der Waals surface area contributed by atoms with Gasteiger partial charge in [-0.05, 0) is 32.5 Å². The molecule has 0 aliphatic rings. The number of nitrogens with two attached hydrogens (primary N) is 1. The molecule has 0 saturated heterocycles. The minimum atomic E-state index is 0.373. The molecule has 0 fully saturated rings. The van der Waals surface area contributed by atoms with Gasteiger partial charge in [-0.25, -0.2) is 0 Å². The summed E-state index contributed by atoms with van der Waals surface area (Å²) in [7, 11) is 0. The molecule has 3 N–H and O–H groups in total. The first-order valence-corrected chi connectivity index (χ1v) is 5.07. The van der Waals surface area contributed by atoms with Crippen molar-refractivity contribution < 1.29 is 0 Å². The van der Waals surface area contributed by atoms with Gasteiger partial charge in [0.05, 0.1) is 0 Å². The van der Waals surface area contributed by atoms with Crippen molar-refractivity contribution >= 4 is 0 Å². The van der Waals surface area contributed by atoms with E-state index in [2.05, 4.69) is 30.8 Å². The molecule has 0 spiro atoms. The van der Waals surface area contributed by atoms with E-state index in [-0.39, 0.29) is 0 Å². The van der Waals surface area contributed by atoms with Crippen molar-refractivity contribution in [1.29, 1.82) is 0 Å². The molecule has 0 bridgehead atoms. The van der Waals surface area contributed by atoms with Gasteiger partial charge in [-0.15, -0.1) is 6.58 Å². The zero-order chi connectivity index (χ0) is 10.1. The molecule has 0 heterocycles. The van der Waals surface area contributed by atoms with Crippen molar-refractivity contribution in [1.82, 2.24) is 10.3 Å². The van der Waals surface area contributed by atoms with Crippen LogP contribution in [0.2, 0.25) is 0 Å². The number of hydrogen-bond acceptors (Lipinski definition) is 3. The topological polar surface area (TPSA) is 41.3 Å². The molecule has 13 heavy (non-hydrogen) atoms. The number of rotatable bonds is 8. The van der Waals surface area contributed by atoms with Crippen molar-refractivity contribution in [3.8, 4) is 0 Å². The molecule has 0 aromatic rings. The van der Waals surface area contributed by atoms with Crippen molar-refractivity contribution in [3.63, 3.8) is 0 Å². The first kappa shape index (κ1) is 12.6. The minimum Gasteiger partial charge on any atom is -0.304 e. The van der Waals surface area contributed by atoms with Crippen molar-refractivity contribution in [3.05, 3.63) is 12.7 Å². The fraction of sp³-hybridized carbons (Fsp3) is 0.800. The summed E-state index contributed by atoms with van der Waals surface area (Å²) in [4.78, 5) is 2.40. The first-order valence-electron chi connectivity index (χ1n) is 5.07. The molecule has 0 rings (SSSR count). The standard InChI is InChI=1S/C10H23N3/c1-4-7-10(12-11)8-9-13(5-2)6-3/h4,10,12H,1,5-9,11H2,2-3H3. The van der Waals surface area contributed by atoms with E-state index in [0.717, 1.165) is 32.5 Å². The second-order valence-electron chi connectivity index (χ2n) is 3.20. The Kier molecular flexibility index (Phi) is 7.99. The molecule has 0 aliphatic heterocycles. The Bertz CT molecular complexity index is 121. The number of hydrazine groups is 1. The van der Waals surface area contributed by atoms with E-state index in [1.807, 2.05) is 6.08 Å². The lowest BCUT2D eigenvalue weighted by atomic mass is 10.1. The van der Waals surface area contributed by atoms with Gasteiger partial charge in [-0.3, -0.25) is 11.3 Å². The van der Waals surface area contributed by atoms with E-state index in [1.54, 1.807) is 0 Å². The number of nitrogens with zero attached hydrogens (tertiary/aromatic N) is 1. The van der Waals surface area contributed by atoms with Gasteiger partial charge < -0.3 is 4.90 Å². The fourth-order valence-corrected chi connectivity index (χ4v) is 1.35. The van der Waals surface area contributed by atoms with Crippen LogP contribution < -0.4 is 11.3 Å². The minimum absolute atomic E-state index is 0.373. The number of nitrogens with one attached hydrogen (secondary N) is 1. The summed E-state index contributed by atoms with van der Waals surface area (Å²) in [5, 5.41) is 0. The summed E-state index contributed by atoms with van der Waals surface area (Å²) in [6.45, 7) is 11.4. The van der Waals surface area contributed by atoms with Gasteiger partial charge in [0.15, 0.2) is 0 Å². The van der Waals surface area contributed by atoms with Gasteiger partial charge in [0, 0.05) is 6.04 Å². The highest BCUT2D eigenvalue weighted by Gasteiger charge is 2.06. The van der Waals surface area contributed by atoms with E-state index in [0.29, 0.717) is 6.04 Å². The smallest absolute Gasteiger partial charge is 0.0257 e. The lowest BCUT2D eigenvalue weighted by Crippen LogP contribution is -2.38. The third kappa shape index (κ3) is 5.80. The van der Waals surface area contributed by atoms with Crippen LogP contribution in [0.15, 0.2) is 12.7 Å². The van der Waals surface area contributed by atoms with Crippen LogP contribution in [0.25, 0.3) is 0 Å².